The molecule has 0 saturated carbocycles. The van der Waals surface area contributed by atoms with Gasteiger partial charge in [-0.15, -0.1) is 0 Å². The number of rotatable bonds is 2. The molecule has 17 heavy (non-hydrogen) atoms. The highest BCUT2D eigenvalue weighted by Crippen LogP contribution is 2.13. The molecule has 0 spiro atoms. The van der Waals surface area contributed by atoms with E-state index in [4.69, 9.17) is 4.74 Å². The van der Waals surface area contributed by atoms with Gasteiger partial charge in [-0.3, -0.25) is 4.79 Å². The van der Waals surface area contributed by atoms with E-state index in [1.165, 1.54) is 12.8 Å². The average molecular weight is 235 g/mol. The molecule has 92 valence electrons. The molecule has 3 rings (SSSR count). The highest BCUT2D eigenvalue weighted by Gasteiger charge is 2.19. The summed E-state index contributed by atoms with van der Waals surface area (Å²) < 4.78 is 5.28. The molecule has 0 aromatic carbocycles. The molecule has 3 heterocycles. The van der Waals surface area contributed by atoms with Crippen molar-refractivity contribution < 1.29 is 4.74 Å². The Balaban J connectivity index is 1.85. The Morgan fingerprint density at radius 3 is 3.24 bits per heavy atom. The maximum atomic E-state index is 11.9. The van der Waals surface area contributed by atoms with Gasteiger partial charge in [0, 0.05) is 18.9 Å². The van der Waals surface area contributed by atoms with E-state index in [0.717, 1.165) is 30.9 Å². The smallest absolute Gasteiger partial charge is 0.256 e. The molecule has 2 aliphatic rings. The van der Waals surface area contributed by atoms with Gasteiger partial charge in [0.15, 0.2) is 0 Å². The Labute approximate surface area is 99.6 Å². The van der Waals surface area contributed by atoms with E-state index in [-0.39, 0.29) is 5.56 Å². The largest absolute Gasteiger partial charge is 0.376 e. The third kappa shape index (κ3) is 2.25. The number of hydrogen-bond donors (Lipinski definition) is 2. The van der Waals surface area contributed by atoms with E-state index in [2.05, 4.69) is 15.3 Å². The molecule has 1 aromatic heterocycles. The van der Waals surface area contributed by atoms with Crippen LogP contribution in [0.5, 0.6) is 0 Å². The summed E-state index contributed by atoms with van der Waals surface area (Å²) in [7, 11) is 0. The number of H-pyrrole nitrogens is 1. The molecule has 0 aliphatic carbocycles. The van der Waals surface area contributed by atoms with E-state index in [1.807, 2.05) is 0 Å². The highest BCUT2D eigenvalue weighted by atomic mass is 16.5. The van der Waals surface area contributed by atoms with Crippen molar-refractivity contribution in [2.75, 3.05) is 13.2 Å². The normalized spacial score (nSPS) is 23.6. The average Bonchev–Trinajstić information content (AvgIpc) is 2.82. The molecule has 0 radical (unpaired) electrons. The van der Waals surface area contributed by atoms with E-state index in [0.29, 0.717) is 24.8 Å². The first-order chi connectivity index (χ1) is 8.33. The molecule has 2 N–H and O–H groups in total. The predicted molar refractivity (Wildman–Crippen MR) is 62.9 cm³/mol. The number of aromatic amines is 1. The van der Waals surface area contributed by atoms with Crippen LogP contribution in [0.1, 0.15) is 29.9 Å². The van der Waals surface area contributed by atoms with Crippen molar-refractivity contribution >= 4 is 0 Å². The molecule has 0 amide bonds. The van der Waals surface area contributed by atoms with Crippen molar-refractivity contribution in [2.45, 2.75) is 38.3 Å². The van der Waals surface area contributed by atoms with Gasteiger partial charge in [-0.2, -0.15) is 0 Å². The highest BCUT2D eigenvalue weighted by molar-refractivity contribution is 5.19. The van der Waals surface area contributed by atoms with Crippen LogP contribution in [0.15, 0.2) is 4.79 Å². The first-order valence-corrected chi connectivity index (χ1v) is 6.25. The van der Waals surface area contributed by atoms with Crippen molar-refractivity contribution in [3.8, 4) is 0 Å². The van der Waals surface area contributed by atoms with Gasteiger partial charge < -0.3 is 15.0 Å². The van der Waals surface area contributed by atoms with Gasteiger partial charge in [0.2, 0.25) is 0 Å². The third-order valence-electron chi connectivity index (χ3n) is 3.48. The lowest BCUT2D eigenvalue weighted by molar-refractivity contribution is 0.108. The Morgan fingerprint density at radius 1 is 1.47 bits per heavy atom. The van der Waals surface area contributed by atoms with Crippen molar-refractivity contribution in [3.05, 3.63) is 27.4 Å². The van der Waals surface area contributed by atoms with Gasteiger partial charge in [0.05, 0.1) is 24.5 Å². The molecule has 1 saturated heterocycles. The Bertz CT molecular complexity index is 463. The van der Waals surface area contributed by atoms with Crippen LogP contribution in [0.4, 0.5) is 0 Å². The lowest BCUT2D eigenvalue weighted by Crippen LogP contribution is -2.29. The SMILES string of the molecule is O=c1[nH]c(CC2CCCN2)nc2c1COCC2. The van der Waals surface area contributed by atoms with Crippen molar-refractivity contribution in [1.82, 2.24) is 15.3 Å². The fourth-order valence-electron chi connectivity index (χ4n) is 2.56. The summed E-state index contributed by atoms with van der Waals surface area (Å²) >= 11 is 0. The standard InChI is InChI=1S/C12H17N3O2/c16-12-9-7-17-5-3-10(9)14-11(15-12)6-8-2-1-4-13-8/h8,13H,1-7H2,(H,14,15,16). The zero-order valence-corrected chi connectivity index (χ0v) is 9.79. The lowest BCUT2D eigenvalue weighted by atomic mass is 10.1. The lowest BCUT2D eigenvalue weighted by Gasteiger charge is -2.16. The number of fused-ring (bicyclic) bond motifs is 1. The van der Waals surface area contributed by atoms with Gasteiger partial charge in [-0.1, -0.05) is 0 Å². The molecule has 1 atom stereocenters. The van der Waals surface area contributed by atoms with Gasteiger partial charge in [0.1, 0.15) is 5.82 Å². The molecule has 2 aliphatic heterocycles. The summed E-state index contributed by atoms with van der Waals surface area (Å²) in [5, 5.41) is 3.42. The second-order valence-corrected chi connectivity index (χ2v) is 4.74. The number of ether oxygens (including phenoxy) is 1. The number of nitrogens with zero attached hydrogens (tertiary/aromatic N) is 1. The maximum absolute atomic E-state index is 11.9. The van der Waals surface area contributed by atoms with Crippen LogP contribution in [0.2, 0.25) is 0 Å². The van der Waals surface area contributed by atoms with E-state index in [9.17, 15) is 4.79 Å². The number of hydrogen-bond acceptors (Lipinski definition) is 4. The first-order valence-electron chi connectivity index (χ1n) is 6.25. The minimum absolute atomic E-state index is 0.0253. The van der Waals surface area contributed by atoms with Crippen molar-refractivity contribution in [3.63, 3.8) is 0 Å². The summed E-state index contributed by atoms with van der Waals surface area (Å²) in [6.45, 7) is 2.15. The molecular formula is C12H17N3O2. The van der Waals surface area contributed by atoms with Crippen LogP contribution in [-0.2, 0) is 24.2 Å². The molecule has 5 nitrogen and oxygen atoms in total. The Morgan fingerprint density at radius 2 is 2.41 bits per heavy atom. The molecule has 0 bridgehead atoms. The van der Waals surface area contributed by atoms with E-state index in [1.54, 1.807) is 0 Å². The summed E-state index contributed by atoms with van der Waals surface area (Å²) in [5.74, 6) is 0.815. The van der Waals surface area contributed by atoms with Crippen LogP contribution in [0.3, 0.4) is 0 Å². The van der Waals surface area contributed by atoms with Crippen LogP contribution in [0, 0.1) is 0 Å². The summed E-state index contributed by atoms with van der Waals surface area (Å²) in [5.41, 5.74) is 1.61. The topological polar surface area (TPSA) is 67.0 Å². The minimum Gasteiger partial charge on any atom is -0.376 e. The fraction of sp³-hybridized carbons (Fsp3) is 0.667. The molecule has 1 fully saturated rings. The Hall–Kier alpha value is -1.20. The molecule has 1 aromatic rings. The molecular weight excluding hydrogens is 218 g/mol. The third-order valence-corrected chi connectivity index (χ3v) is 3.48. The van der Waals surface area contributed by atoms with Gasteiger partial charge >= 0.3 is 0 Å². The monoisotopic (exact) mass is 235 g/mol. The summed E-state index contributed by atoms with van der Waals surface area (Å²) in [6, 6.07) is 0.469. The maximum Gasteiger partial charge on any atom is 0.256 e. The number of nitrogens with one attached hydrogen (secondary N) is 2. The van der Waals surface area contributed by atoms with Gasteiger partial charge in [0.25, 0.3) is 5.56 Å². The first kappa shape index (κ1) is 10.9. The zero-order chi connectivity index (χ0) is 11.7. The second-order valence-electron chi connectivity index (χ2n) is 4.74. The van der Waals surface area contributed by atoms with E-state index >= 15 is 0 Å². The summed E-state index contributed by atoms with van der Waals surface area (Å²) in [6.07, 6.45) is 3.96. The number of aromatic nitrogens is 2. The summed E-state index contributed by atoms with van der Waals surface area (Å²) in [4.78, 5) is 19.3. The quantitative estimate of drug-likeness (QED) is 0.765. The Kier molecular flexibility index (Phi) is 2.94. The van der Waals surface area contributed by atoms with Crippen molar-refractivity contribution in [1.29, 1.82) is 0 Å². The fourth-order valence-corrected chi connectivity index (χ4v) is 2.56. The van der Waals surface area contributed by atoms with Crippen LogP contribution < -0.4 is 10.9 Å². The van der Waals surface area contributed by atoms with E-state index < -0.39 is 0 Å². The molecule has 1 unspecified atom stereocenters. The van der Waals surface area contributed by atoms with Crippen LogP contribution in [0.25, 0.3) is 0 Å². The minimum atomic E-state index is -0.0253. The van der Waals surface area contributed by atoms with Gasteiger partial charge in [-0.05, 0) is 19.4 Å². The van der Waals surface area contributed by atoms with Crippen LogP contribution >= 0.6 is 0 Å². The predicted octanol–water partition coefficient (Wildman–Crippen LogP) is 0.137. The zero-order valence-electron chi connectivity index (χ0n) is 9.79. The van der Waals surface area contributed by atoms with Crippen LogP contribution in [-0.4, -0.2) is 29.2 Å². The molecule has 5 heteroatoms. The second kappa shape index (κ2) is 4.58. The van der Waals surface area contributed by atoms with Gasteiger partial charge in [-0.25, -0.2) is 4.98 Å². The van der Waals surface area contributed by atoms with Crippen molar-refractivity contribution in [2.24, 2.45) is 0 Å².